The van der Waals surface area contributed by atoms with E-state index in [1.807, 2.05) is 60.7 Å². The lowest BCUT2D eigenvalue weighted by atomic mass is 9.92. The van der Waals surface area contributed by atoms with Crippen LogP contribution >= 0.6 is 0 Å². The molecule has 0 aliphatic carbocycles. The Morgan fingerprint density at radius 1 is 0.603 bits per heavy atom. The number of hydrogen-bond acceptors (Lipinski definition) is 14. The van der Waals surface area contributed by atoms with Crippen molar-refractivity contribution in [3.63, 3.8) is 0 Å². The van der Waals surface area contributed by atoms with E-state index in [0.717, 1.165) is 110 Å². The predicted molar refractivity (Wildman–Crippen MR) is 255 cm³/mol. The highest BCUT2D eigenvalue weighted by atomic mass is 16.5. The molecular weight excluding hydrogens is 861 g/mol. The normalized spacial score (nSPS) is 23.6. The minimum absolute atomic E-state index is 0.107. The molecule has 7 aliphatic rings. The van der Waals surface area contributed by atoms with Gasteiger partial charge in [-0.3, -0.25) is 44.1 Å². The highest BCUT2D eigenvalue weighted by Gasteiger charge is 2.46. The highest BCUT2D eigenvalue weighted by Crippen LogP contribution is 2.38. The van der Waals surface area contributed by atoms with Crippen molar-refractivity contribution in [2.45, 2.75) is 87.6 Å². The molecule has 9 heterocycles. The Labute approximate surface area is 395 Å². The number of piperidine rings is 4. The Morgan fingerprint density at radius 3 is 1.88 bits per heavy atom. The molecule has 0 radical (unpaired) electrons. The Morgan fingerprint density at radius 2 is 1.21 bits per heavy atom. The summed E-state index contributed by atoms with van der Waals surface area (Å²) in [6.07, 6.45) is 8.73. The van der Waals surface area contributed by atoms with Crippen LogP contribution in [0, 0.1) is 0 Å². The second kappa shape index (κ2) is 17.7. The summed E-state index contributed by atoms with van der Waals surface area (Å²) in [6.45, 7) is 10.8. The van der Waals surface area contributed by atoms with Gasteiger partial charge in [0.05, 0.1) is 22.6 Å². The predicted octanol–water partition coefficient (Wildman–Crippen LogP) is 4.41. The third-order valence-corrected chi connectivity index (χ3v) is 16.1. The van der Waals surface area contributed by atoms with Gasteiger partial charge in [0.25, 0.3) is 11.8 Å². The third-order valence-electron chi connectivity index (χ3n) is 16.1. The number of carbonyl (C=O) groups excluding carboxylic acids is 4. The quantitative estimate of drug-likeness (QED) is 0.188. The number of rotatable bonds is 10. The van der Waals surface area contributed by atoms with Crippen LogP contribution in [-0.4, -0.2) is 164 Å². The number of para-hydroxylation sites is 1. The minimum atomic E-state index is -0.954. The first kappa shape index (κ1) is 43.0. The van der Waals surface area contributed by atoms with Gasteiger partial charge in [0.1, 0.15) is 35.4 Å². The standard InChI is InChI=1S/C51H58N12O5/c52-47-45-46(32-6-9-40(10-7-32)68-39-4-2-1-3-5-39)56-63(48(45)54-31-53-47)35-18-24-59(25-19-35)37-27-60(28-37)34-16-20-57(21-17-34)33-14-22-58(23-15-33)38-29-61(30-38)36-8-11-41-42(26-36)51(67)62(50(41)66)43-12-13-44(64)55-49(43)65/h1-11,26,31,33-35,37-38,43H,12-25,27-30H2,(H2,52,53,54)(H,55,64,65). The number of hydrogen-bond donors (Lipinski definition) is 2. The molecule has 68 heavy (non-hydrogen) atoms. The fourth-order valence-electron chi connectivity index (χ4n) is 12.1. The Bertz CT molecular complexity index is 2730. The molecule has 4 amide bonds. The molecule has 12 rings (SSSR count). The molecule has 6 fully saturated rings. The van der Waals surface area contributed by atoms with Gasteiger partial charge in [-0.15, -0.1) is 0 Å². The Balaban J connectivity index is 0.578. The summed E-state index contributed by atoms with van der Waals surface area (Å²) in [7, 11) is 0. The second-order valence-corrected chi connectivity index (χ2v) is 19.8. The summed E-state index contributed by atoms with van der Waals surface area (Å²) in [5.74, 6) is 0.108. The molecule has 352 valence electrons. The van der Waals surface area contributed by atoms with Crippen LogP contribution < -0.4 is 20.7 Å². The number of anilines is 2. The number of nitrogens with two attached hydrogens (primary N) is 1. The van der Waals surface area contributed by atoms with E-state index in [9.17, 15) is 19.2 Å². The number of fused-ring (bicyclic) bond motifs is 2. The van der Waals surface area contributed by atoms with Crippen LogP contribution in [0.5, 0.6) is 11.5 Å². The fraction of sp³-hybridized carbons (Fsp3) is 0.471. The smallest absolute Gasteiger partial charge is 0.262 e. The first-order valence-electron chi connectivity index (χ1n) is 24.6. The molecule has 3 N–H and O–H groups in total. The van der Waals surface area contributed by atoms with Crippen molar-refractivity contribution in [3.05, 3.63) is 90.3 Å². The molecule has 17 heteroatoms. The molecule has 0 spiro atoms. The Kier molecular flexibility index (Phi) is 11.2. The first-order chi connectivity index (χ1) is 33.2. The molecule has 5 aromatic rings. The van der Waals surface area contributed by atoms with E-state index in [1.165, 1.54) is 38.8 Å². The maximum Gasteiger partial charge on any atom is 0.262 e. The molecule has 3 aromatic carbocycles. The van der Waals surface area contributed by atoms with Gasteiger partial charge in [0.2, 0.25) is 11.8 Å². The van der Waals surface area contributed by atoms with Gasteiger partial charge in [-0.2, -0.15) is 5.10 Å². The van der Waals surface area contributed by atoms with E-state index in [2.05, 4.69) is 39.5 Å². The van der Waals surface area contributed by atoms with Crippen LogP contribution in [-0.2, 0) is 9.59 Å². The van der Waals surface area contributed by atoms with Crippen LogP contribution in [0.4, 0.5) is 11.5 Å². The molecule has 0 saturated carbocycles. The SMILES string of the molecule is Nc1ncnc2c1c(-c1ccc(Oc3ccccc3)cc1)nn2C1CCN(C2CN(C3CCN(C4CCN(C5CN(c6ccc7c(c6)C(=O)N(C6CCC(=O)NC6=O)C7=O)C5)CC4)CC3)C2)CC1. The molecule has 1 atom stereocenters. The zero-order valence-corrected chi connectivity index (χ0v) is 38.3. The molecule has 7 aliphatic heterocycles. The van der Waals surface area contributed by atoms with Crippen molar-refractivity contribution >= 4 is 46.2 Å². The maximum atomic E-state index is 13.4. The number of ether oxygens (including phenoxy) is 1. The number of likely N-dealkylation sites (tertiary alicyclic amines) is 4. The van der Waals surface area contributed by atoms with Crippen LogP contribution in [0.3, 0.4) is 0 Å². The summed E-state index contributed by atoms with van der Waals surface area (Å²) in [6, 6.07) is 24.9. The van der Waals surface area contributed by atoms with Crippen LogP contribution in [0.2, 0.25) is 0 Å². The van der Waals surface area contributed by atoms with Crippen LogP contribution in [0.25, 0.3) is 22.3 Å². The lowest BCUT2D eigenvalue weighted by Gasteiger charge is -2.53. The molecule has 2 aromatic heterocycles. The van der Waals surface area contributed by atoms with E-state index >= 15 is 0 Å². The summed E-state index contributed by atoms with van der Waals surface area (Å²) in [5.41, 5.74) is 10.6. The monoisotopic (exact) mass is 918 g/mol. The lowest BCUT2D eigenvalue weighted by molar-refractivity contribution is -0.136. The van der Waals surface area contributed by atoms with Crippen LogP contribution in [0.15, 0.2) is 79.1 Å². The Hall–Kier alpha value is -6.27. The zero-order valence-electron chi connectivity index (χ0n) is 38.3. The summed E-state index contributed by atoms with van der Waals surface area (Å²) in [5, 5.41) is 8.23. The number of aromatic nitrogens is 4. The first-order valence-corrected chi connectivity index (χ1v) is 24.6. The van der Waals surface area contributed by atoms with Gasteiger partial charge in [0.15, 0.2) is 5.65 Å². The van der Waals surface area contributed by atoms with Crippen molar-refractivity contribution < 1.29 is 23.9 Å². The van der Waals surface area contributed by atoms with Crippen LogP contribution in [0.1, 0.15) is 78.1 Å². The average Bonchev–Trinajstić information content (AvgIpc) is 3.84. The molecule has 0 bridgehead atoms. The van der Waals surface area contributed by atoms with Crippen molar-refractivity contribution in [2.75, 3.05) is 76.1 Å². The number of benzene rings is 3. The van der Waals surface area contributed by atoms with Gasteiger partial charge >= 0.3 is 0 Å². The summed E-state index contributed by atoms with van der Waals surface area (Å²) >= 11 is 0. The number of nitrogens with one attached hydrogen (secondary N) is 1. The van der Waals surface area contributed by atoms with E-state index in [1.54, 1.807) is 18.5 Å². The second-order valence-electron chi connectivity index (χ2n) is 19.8. The highest BCUT2D eigenvalue weighted by molar-refractivity contribution is 6.23. The number of imide groups is 2. The molecule has 6 saturated heterocycles. The average molecular weight is 919 g/mol. The van der Waals surface area contributed by atoms with Gasteiger partial charge in [0, 0.05) is 94.2 Å². The van der Waals surface area contributed by atoms with E-state index in [0.29, 0.717) is 41.1 Å². The lowest BCUT2D eigenvalue weighted by Crippen LogP contribution is -2.65. The van der Waals surface area contributed by atoms with Gasteiger partial charge in [-0.05, 0) is 113 Å². The van der Waals surface area contributed by atoms with Crippen molar-refractivity contribution in [1.82, 2.24) is 49.6 Å². The van der Waals surface area contributed by atoms with Crippen molar-refractivity contribution in [2.24, 2.45) is 0 Å². The number of carbonyl (C=O) groups is 4. The van der Waals surface area contributed by atoms with Crippen molar-refractivity contribution in [1.29, 1.82) is 0 Å². The molecule has 1 unspecified atom stereocenters. The topological polar surface area (TPSA) is 179 Å². The van der Waals surface area contributed by atoms with Gasteiger partial charge in [-0.1, -0.05) is 18.2 Å². The van der Waals surface area contributed by atoms with E-state index in [4.69, 9.17) is 20.6 Å². The van der Waals surface area contributed by atoms with Gasteiger partial charge in [-0.25, -0.2) is 14.6 Å². The van der Waals surface area contributed by atoms with Crippen molar-refractivity contribution in [3.8, 4) is 22.8 Å². The minimum Gasteiger partial charge on any atom is -0.457 e. The fourth-order valence-corrected chi connectivity index (χ4v) is 12.1. The largest absolute Gasteiger partial charge is 0.457 e. The molecular formula is C51H58N12O5. The van der Waals surface area contributed by atoms with E-state index < -0.39 is 23.8 Å². The summed E-state index contributed by atoms with van der Waals surface area (Å²) < 4.78 is 8.14. The van der Waals surface area contributed by atoms with E-state index in [-0.39, 0.29) is 24.8 Å². The number of amides is 4. The third kappa shape index (κ3) is 7.88. The number of nitrogens with zero attached hydrogens (tertiary/aromatic N) is 10. The zero-order chi connectivity index (χ0) is 46.0. The summed E-state index contributed by atoms with van der Waals surface area (Å²) in [4.78, 5) is 73.9. The number of nitrogen functional groups attached to an aromatic ring is 1. The maximum absolute atomic E-state index is 13.4. The van der Waals surface area contributed by atoms with Gasteiger partial charge < -0.3 is 20.3 Å². The molecule has 17 nitrogen and oxygen atoms in total.